The van der Waals surface area contributed by atoms with E-state index < -0.39 is 28.6 Å². The van der Waals surface area contributed by atoms with Crippen molar-refractivity contribution in [3.63, 3.8) is 0 Å². The summed E-state index contributed by atoms with van der Waals surface area (Å²) >= 11 is 0. The molecule has 0 radical (unpaired) electrons. The van der Waals surface area contributed by atoms with Gasteiger partial charge in [-0.2, -0.15) is 0 Å². The Bertz CT molecular complexity index is 1040. The standard InChI is InChI=1S/C20H17F2NO3/c1-2-3-4-12-9-18-15(10-17(12)22)19(24)16(20(25)26)11-23(18)14-7-5-13(21)6-8-14/h5-11H,2-4H2,1H3,(H,25,26). The van der Waals surface area contributed by atoms with E-state index in [1.807, 2.05) is 6.92 Å². The number of carboxylic acids is 1. The van der Waals surface area contributed by atoms with E-state index in [-0.39, 0.29) is 5.39 Å². The number of nitrogens with zero attached hydrogens (tertiary/aromatic N) is 1. The highest BCUT2D eigenvalue weighted by atomic mass is 19.1. The van der Waals surface area contributed by atoms with Crippen LogP contribution in [0.2, 0.25) is 0 Å². The van der Waals surface area contributed by atoms with Crippen molar-refractivity contribution in [2.24, 2.45) is 0 Å². The molecule has 0 aliphatic carbocycles. The third kappa shape index (κ3) is 3.22. The molecule has 0 bridgehead atoms. The minimum atomic E-state index is -1.40. The van der Waals surface area contributed by atoms with Crippen LogP contribution in [0, 0.1) is 11.6 Å². The summed E-state index contributed by atoms with van der Waals surface area (Å²) in [6, 6.07) is 8.08. The molecule has 134 valence electrons. The maximum atomic E-state index is 14.4. The SMILES string of the molecule is CCCCc1cc2c(cc1F)c(=O)c(C(=O)O)cn2-c1ccc(F)cc1. The number of pyridine rings is 1. The number of rotatable bonds is 5. The molecule has 0 atom stereocenters. The number of aryl methyl sites for hydroxylation is 1. The van der Waals surface area contributed by atoms with Crippen LogP contribution in [0.15, 0.2) is 47.4 Å². The molecule has 0 fully saturated rings. The summed E-state index contributed by atoms with van der Waals surface area (Å²) in [4.78, 5) is 23.9. The zero-order valence-electron chi connectivity index (χ0n) is 14.1. The summed E-state index contributed by atoms with van der Waals surface area (Å²) in [5, 5.41) is 9.29. The molecule has 6 heteroatoms. The van der Waals surface area contributed by atoms with E-state index in [0.29, 0.717) is 23.2 Å². The number of unbranched alkanes of at least 4 members (excludes halogenated alkanes) is 1. The Morgan fingerprint density at radius 2 is 1.85 bits per heavy atom. The first-order valence-electron chi connectivity index (χ1n) is 8.29. The first-order chi connectivity index (χ1) is 12.4. The molecular weight excluding hydrogens is 340 g/mol. The van der Waals surface area contributed by atoms with Crippen molar-refractivity contribution in [1.29, 1.82) is 0 Å². The number of aromatic carboxylic acids is 1. The number of carbonyl (C=O) groups is 1. The van der Waals surface area contributed by atoms with E-state index in [1.54, 1.807) is 6.07 Å². The van der Waals surface area contributed by atoms with Gasteiger partial charge in [-0.3, -0.25) is 4.79 Å². The van der Waals surface area contributed by atoms with Gasteiger partial charge in [0.1, 0.15) is 17.2 Å². The molecule has 3 rings (SSSR count). The Morgan fingerprint density at radius 3 is 2.46 bits per heavy atom. The van der Waals surface area contributed by atoms with Crippen LogP contribution in [0.4, 0.5) is 8.78 Å². The van der Waals surface area contributed by atoms with Gasteiger partial charge in [0, 0.05) is 17.3 Å². The lowest BCUT2D eigenvalue weighted by molar-refractivity contribution is 0.0695. The molecule has 0 saturated heterocycles. The van der Waals surface area contributed by atoms with Gasteiger partial charge in [-0.05, 0) is 54.8 Å². The quantitative estimate of drug-likeness (QED) is 0.740. The fourth-order valence-electron chi connectivity index (χ4n) is 2.92. The monoisotopic (exact) mass is 357 g/mol. The van der Waals surface area contributed by atoms with Gasteiger partial charge >= 0.3 is 5.97 Å². The molecule has 0 spiro atoms. The molecule has 3 aromatic rings. The lowest BCUT2D eigenvalue weighted by Gasteiger charge is -2.14. The topological polar surface area (TPSA) is 59.3 Å². The van der Waals surface area contributed by atoms with Gasteiger partial charge in [0.15, 0.2) is 0 Å². The number of fused-ring (bicyclic) bond motifs is 1. The van der Waals surface area contributed by atoms with E-state index in [0.717, 1.165) is 18.9 Å². The van der Waals surface area contributed by atoms with E-state index in [1.165, 1.54) is 35.0 Å². The van der Waals surface area contributed by atoms with Crippen LogP contribution >= 0.6 is 0 Å². The molecule has 0 aliphatic rings. The van der Waals surface area contributed by atoms with Crippen LogP contribution in [0.25, 0.3) is 16.6 Å². The third-order valence-electron chi connectivity index (χ3n) is 4.31. The molecule has 0 amide bonds. The largest absolute Gasteiger partial charge is 0.477 e. The van der Waals surface area contributed by atoms with Gasteiger partial charge in [-0.25, -0.2) is 13.6 Å². The van der Waals surface area contributed by atoms with Crippen LogP contribution in [0.3, 0.4) is 0 Å². The predicted octanol–water partition coefficient (Wildman–Crippen LogP) is 4.31. The van der Waals surface area contributed by atoms with E-state index in [9.17, 15) is 23.5 Å². The van der Waals surface area contributed by atoms with Gasteiger partial charge in [0.2, 0.25) is 5.43 Å². The van der Waals surface area contributed by atoms with Gasteiger partial charge < -0.3 is 9.67 Å². The summed E-state index contributed by atoms with van der Waals surface area (Å²) in [6.07, 6.45) is 3.38. The Kier molecular flexibility index (Phi) is 4.84. The van der Waals surface area contributed by atoms with Crippen molar-refractivity contribution < 1.29 is 18.7 Å². The Balaban J connectivity index is 2.35. The number of hydrogen-bond donors (Lipinski definition) is 1. The zero-order chi connectivity index (χ0) is 18.8. The normalized spacial score (nSPS) is 11.0. The maximum Gasteiger partial charge on any atom is 0.341 e. The fraction of sp³-hybridized carbons (Fsp3) is 0.200. The van der Waals surface area contributed by atoms with Crippen molar-refractivity contribution in [3.05, 3.63) is 75.6 Å². The second kappa shape index (κ2) is 7.07. The first kappa shape index (κ1) is 17.8. The number of hydrogen-bond acceptors (Lipinski definition) is 2. The second-order valence-corrected chi connectivity index (χ2v) is 6.09. The van der Waals surface area contributed by atoms with Crippen molar-refractivity contribution in [2.75, 3.05) is 0 Å². The molecule has 4 nitrogen and oxygen atoms in total. The summed E-state index contributed by atoms with van der Waals surface area (Å²) < 4.78 is 29.1. The zero-order valence-corrected chi connectivity index (χ0v) is 14.1. The minimum absolute atomic E-state index is 0.0213. The molecule has 2 aromatic carbocycles. The number of halogens is 2. The summed E-state index contributed by atoms with van der Waals surface area (Å²) in [6.45, 7) is 1.99. The number of aromatic nitrogens is 1. The van der Waals surface area contributed by atoms with Crippen molar-refractivity contribution >= 4 is 16.9 Å². The molecule has 1 heterocycles. The van der Waals surface area contributed by atoms with Crippen molar-refractivity contribution in [2.45, 2.75) is 26.2 Å². The van der Waals surface area contributed by atoms with Gasteiger partial charge in [-0.1, -0.05) is 13.3 Å². The highest BCUT2D eigenvalue weighted by molar-refractivity contribution is 5.93. The summed E-state index contributed by atoms with van der Waals surface area (Å²) in [5.74, 6) is -2.37. The van der Waals surface area contributed by atoms with E-state index in [2.05, 4.69) is 0 Å². The second-order valence-electron chi connectivity index (χ2n) is 6.09. The van der Waals surface area contributed by atoms with Crippen LogP contribution < -0.4 is 5.43 Å². The van der Waals surface area contributed by atoms with Gasteiger partial charge in [0.05, 0.1) is 5.52 Å². The molecule has 26 heavy (non-hydrogen) atoms. The smallest absolute Gasteiger partial charge is 0.341 e. The maximum absolute atomic E-state index is 14.4. The Hall–Kier alpha value is -3.02. The van der Waals surface area contributed by atoms with Crippen molar-refractivity contribution in [3.8, 4) is 5.69 Å². The average molecular weight is 357 g/mol. The van der Waals surface area contributed by atoms with E-state index >= 15 is 0 Å². The Labute approximate surface area is 148 Å². The lowest BCUT2D eigenvalue weighted by Crippen LogP contribution is -2.19. The van der Waals surface area contributed by atoms with Crippen molar-refractivity contribution in [1.82, 2.24) is 4.57 Å². The van der Waals surface area contributed by atoms with Crippen LogP contribution in [-0.2, 0) is 6.42 Å². The highest BCUT2D eigenvalue weighted by Crippen LogP contribution is 2.23. The minimum Gasteiger partial charge on any atom is -0.477 e. The van der Waals surface area contributed by atoms with Gasteiger partial charge in [-0.15, -0.1) is 0 Å². The summed E-state index contributed by atoms with van der Waals surface area (Å²) in [7, 11) is 0. The molecule has 1 N–H and O–H groups in total. The Morgan fingerprint density at radius 1 is 1.15 bits per heavy atom. The summed E-state index contributed by atoms with van der Waals surface area (Å²) in [5.41, 5.74) is 0.109. The highest BCUT2D eigenvalue weighted by Gasteiger charge is 2.17. The van der Waals surface area contributed by atoms with Crippen LogP contribution in [0.5, 0.6) is 0 Å². The van der Waals surface area contributed by atoms with Crippen LogP contribution in [0.1, 0.15) is 35.7 Å². The third-order valence-corrected chi connectivity index (χ3v) is 4.31. The van der Waals surface area contributed by atoms with E-state index in [4.69, 9.17) is 0 Å². The predicted molar refractivity (Wildman–Crippen MR) is 95.0 cm³/mol. The molecular formula is C20H17F2NO3. The molecule has 0 aliphatic heterocycles. The number of carboxylic acid groups (broad SMARTS) is 1. The average Bonchev–Trinajstić information content (AvgIpc) is 2.61. The number of benzene rings is 2. The van der Waals surface area contributed by atoms with Crippen LogP contribution in [-0.4, -0.2) is 15.6 Å². The fourth-order valence-corrected chi connectivity index (χ4v) is 2.92. The molecule has 1 aromatic heterocycles. The first-order valence-corrected chi connectivity index (χ1v) is 8.29. The molecule has 0 saturated carbocycles. The molecule has 0 unspecified atom stereocenters. The van der Waals surface area contributed by atoms with Gasteiger partial charge in [0.25, 0.3) is 0 Å². The lowest BCUT2D eigenvalue weighted by atomic mass is 10.0.